The minimum atomic E-state index is -0.182. The average molecular weight is 472 g/mol. The Labute approximate surface area is 199 Å². The lowest BCUT2D eigenvalue weighted by atomic mass is 10.1. The number of hydrogen-bond donors (Lipinski definition) is 1. The number of hydrogen-bond acceptors (Lipinski definition) is 7. The highest BCUT2D eigenvalue weighted by Gasteiger charge is 2.17. The molecule has 8 nitrogen and oxygen atoms in total. The summed E-state index contributed by atoms with van der Waals surface area (Å²) in [6, 6.07) is 23.2. The molecule has 2 aromatic heterocycles. The standard InChI is InChI=1S/C25H21N5O3S/c1-32-20-13-12-17(14-21(20)33-2)26-22(31)15-34-25-28-27-24-19-11-7-6-10-18(19)23(29-30(24)25)16-8-4-3-5-9-16/h3-14H,15H2,1-2H3,(H,26,31). The first-order valence-electron chi connectivity index (χ1n) is 10.5. The molecule has 0 unspecified atom stereocenters. The van der Waals surface area contributed by atoms with Crippen LogP contribution in [0.25, 0.3) is 27.7 Å². The van der Waals surface area contributed by atoms with Crippen LogP contribution >= 0.6 is 11.8 Å². The number of benzene rings is 3. The molecule has 0 atom stereocenters. The summed E-state index contributed by atoms with van der Waals surface area (Å²) in [5.41, 5.74) is 3.10. The highest BCUT2D eigenvalue weighted by atomic mass is 32.2. The first-order chi connectivity index (χ1) is 16.7. The molecule has 34 heavy (non-hydrogen) atoms. The third kappa shape index (κ3) is 4.13. The van der Waals surface area contributed by atoms with Gasteiger partial charge in [-0.05, 0) is 12.1 Å². The highest BCUT2D eigenvalue weighted by Crippen LogP contribution is 2.31. The minimum absolute atomic E-state index is 0.143. The van der Waals surface area contributed by atoms with E-state index in [9.17, 15) is 4.79 Å². The van der Waals surface area contributed by atoms with E-state index < -0.39 is 0 Å². The van der Waals surface area contributed by atoms with Gasteiger partial charge < -0.3 is 14.8 Å². The van der Waals surface area contributed by atoms with E-state index in [4.69, 9.17) is 14.6 Å². The number of thioether (sulfide) groups is 1. The zero-order valence-electron chi connectivity index (χ0n) is 18.6. The number of nitrogens with one attached hydrogen (secondary N) is 1. The van der Waals surface area contributed by atoms with Gasteiger partial charge in [0.15, 0.2) is 17.1 Å². The number of carbonyl (C=O) groups excluding carboxylic acids is 1. The summed E-state index contributed by atoms with van der Waals surface area (Å²) in [6.07, 6.45) is 0. The summed E-state index contributed by atoms with van der Waals surface area (Å²) in [4.78, 5) is 12.6. The molecule has 2 heterocycles. The molecule has 5 rings (SSSR count). The second kappa shape index (κ2) is 9.40. The van der Waals surface area contributed by atoms with E-state index in [-0.39, 0.29) is 11.7 Å². The summed E-state index contributed by atoms with van der Waals surface area (Å²) >= 11 is 1.27. The lowest BCUT2D eigenvalue weighted by molar-refractivity contribution is -0.113. The maximum absolute atomic E-state index is 12.6. The van der Waals surface area contributed by atoms with Crippen LogP contribution in [0.15, 0.2) is 78.0 Å². The molecule has 0 fully saturated rings. The number of anilines is 1. The van der Waals surface area contributed by atoms with Gasteiger partial charge in [0.1, 0.15) is 0 Å². The molecule has 0 aliphatic rings. The van der Waals surface area contributed by atoms with Crippen LogP contribution in [0.4, 0.5) is 5.69 Å². The number of amides is 1. The second-order valence-electron chi connectivity index (χ2n) is 7.38. The number of aromatic nitrogens is 4. The second-order valence-corrected chi connectivity index (χ2v) is 8.33. The molecule has 170 valence electrons. The van der Waals surface area contributed by atoms with Crippen molar-refractivity contribution in [3.8, 4) is 22.8 Å². The van der Waals surface area contributed by atoms with E-state index >= 15 is 0 Å². The van der Waals surface area contributed by atoms with Crippen molar-refractivity contribution in [2.24, 2.45) is 0 Å². The molecule has 0 aliphatic heterocycles. The molecule has 5 aromatic rings. The summed E-state index contributed by atoms with van der Waals surface area (Å²) in [7, 11) is 3.12. The first-order valence-corrected chi connectivity index (χ1v) is 11.5. The average Bonchev–Trinajstić information content (AvgIpc) is 3.30. The Bertz CT molecular complexity index is 1490. The summed E-state index contributed by atoms with van der Waals surface area (Å²) in [5, 5.41) is 18.9. The van der Waals surface area contributed by atoms with Gasteiger partial charge in [0, 0.05) is 28.1 Å². The molecule has 0 spiro atoms. The van der Waals surface area contributed by atoms with Crippen molar-refractivity contribution >= 4 is 39.8 Å². The van der Waals surface area contributed by atoms with Crippen LogP contribution in [-0.2, 0) is 4.79 Å². The van der Waals surface area contributed by atoms with Crippen LogP contribution in [-0.4, -0.2) is 45.7 Å². The fourth-order valence-electron chi connectivity index (χ4n) is 3.70. The predicted molar refractivity (Wildman–Crippen MR) is 133 cm³/mol. The fourth-order valence-corrected chi connectivity index (χ4v) is 4.38. The molecular formula is C25H21N5O3S. The van der Waals surface area contributed by atoms with Crippen molar-refractivity contribution in [3.63, 3.8) is 0 Å². The summed E-state index contributed by atoms with van der Waals surface area (Å²) < 4.78 is 12.2. The zero-order valence-corrected chi connectivity index (χ0v) is 19.4. The molecule has 9 heteroatoms. The highest BCUT2D eigenvalue weighted by molar-refractivity contribution is 7.99. The van der Waals surface area contributed by atoms with Gasteiger partial charge >= 0.3 is 0 Å². The molecule has 0 saturated heterocycles. The molecule has 0 radical (unpaired) electrons. The first kappa shape index (κ1) is 21.7. The fraction of sp³-hybridized carbons (Fsp3) is 0.120. The van der Waals surface area contributed by atoms with Crippen LogP contribution in [0.2, 0.25) is 0 Å². The molecule has 0 saturated carbocycles. The van der Waals surface area contributed by atoms with Crippen LogP contribution in [0.5, 0.6) is 11.5 Å². The number of ether oxygens (including phenoxy) is 2. The molecule has 0 bridgehead atoms. The van der Waals surface area contributed by atoms with Crippen LogP contribution in [0.1, 0.15) is 0 Å². The van der Waals surface area contributed by atoms with Crippen LogP contribution < -0.4 is 14.8 Å². The molecule has 3 aromatic carbocycles. The topological polar surface area (TPSA) is 90.6 Å². The number of nitrogens with zero attached hydrogens (tertiary/aromatic N) is 4. The van der Waals surface area contributed by atoms with Crippen LogP contribution in [0.3, 0.4) is 0 Å². The maximum Gasteiger partial charge on any atom is 0.234 e. The van der Waals surface area contributed by atoms with Crippen molar-refractivity contribution in [2.45, 2.75) is 5.16 Å². The van der Waals surface area contributed by atoms with Gasteiger partial charge in [-0.25, -0.2) is 0 Å². The van der Waals surface area contributed by atoms with Gasteiger partial charge in [-0.15, -0.1) is 10.2 Å². The van der Waals surface area contributed by atoms with Crippen molar-refractivity contribution < 1.29 is 14.3 Å². The van der Waals surface area contributed by atoms with Gasteiger partial charge in [0.2, 0.25) is 11.1 Å². The SMILES string of the molecule is COc1ccc(NC(=O)CSc2nnc3c4ccccc4c(-c4ccccc4)nn23)cc1OC. The predicted octanol–water partition coefficient (Wildman–Crippen LogP) is 4.69. The quantitative estimate of drug-likeness (QED) is 0.344. The Morgan fingerprint density at radius 1 is 0.912 bits per heavy atom. The third-order valence-electron chi connectivity index (χ3n) is 5.28. The minimum Gasteiger partial charge on any atom is -0.493 e. The van der Waals surface area contributed by atoms with Gasteiger partial charge in [-0.2, -0.15) is 9.61 Å². The van der Waals surface area contributed by atoms with Crippen molar-refractivity contribution in [1.29, 1.82) is 0 Å². The lowest BCUT2D eigenvalue weighted by Gasteiger charge is -2.10. The van der Waals surface area contributed by atoms with Gasteiger partial charge in [-0.1, -0.05) is 66.4 Å². The van der Waals surface area contributed by atoms with E-state index in [1.165, 1.54) is 11.8 Å². The monoisotopic (exact) mass is 471 g/mol. The van der Waals surface area contributed by atoms with Crippen molar-refractivity contribution in [3.05, 3.63) is 72.8 Å². The Kier molecular flexibility index (Phi) is 6.01. The number of methoxy groups -OCH3 is 2. The number of carbonyl (C=O) groups is 1. The Morgan fingerprint density at radius 2 is 1.65 bits per heavy atom. The van der Waals surface area contributed by atoms with Crippen molar-refractivity contribution in [1.82, 2.24) is 19.8 Å². The summed E-state index contributed by atoms with van der Waals surface area (Å²) in [5.74, 6) is 1.10. The van der Waals surface area contributed by atoms with Gasteiger partial charge in [0.25, 0.3) is 0 Å². The molecular weight excluding hydrogens is 450 g/mol. The Morgan fingerprint density at radius 3 is 2.41 bits per heavy atom. The van der Waals surface area contributed by atoms with Gasteiger partial charge in [0.05, 0.1) is 25.7 Å². The van der Waals surface area contributed by atoms with Crippen LogP contribution in [0, 0.1) is 0 Å². The van der Waals surface area contributed by atoms with E-state index in [1.807, 2.05) is 54.6 Å². The van der Waals surface area contributed by atoms with Crippen molar-refractivity contribution in [2.75, 3.05) is 25.3 Å². The largest absolute Gasteiger partial charge is 0.493 e. The smallest absolute Gasteiger partial charge is 0.234 e. The van der Waals surface area contributed by atoms with E-state index in [1.54, 1.807) is 36.9 Å². The maximum atomic E-state index is 12.6. The van der Waals surface area contributed by atoms with E-state index in [2.05, 4.69) is 15.5 Å². The number of fused-ring (bicyclic) bond motifs is 3. The zero-order chi connectivity index (χ0) is 23.5. The molecule has 1 amide bonds. The van der Waals surface area contributed by atoms with E-state index in [0.29, 0.717) is 28.0 Å². The number of rotatable bonds is 7. The Balaban J connectivity index is 1.42. The third-order valence-corrected chi connectivity index (χ3v) is 6.20. The van der Waals surface area contributed by atoms with Gasteiger partial charge in [-0.3, -0.25) is 4.79 Å². The Hall–Kier alpha value is -4.11. The normalized spacial score (nSPS) is 11.0. The lowest BCUT2D eigenvalue weighted by Crippen LogP contribution is -2.14. The molecule has 0 aliphatic carbocycles. The summed E-state index contributed by atoms with van der Waals surface area (Å²) in [6.45, 7) is 0. The van der Waals surface area contributed by atoms with E-state index in [0.717, 1.165) is 22.0 Å². The molecule has 1 N–H and O–H groups in total.